The second-order valence-electron chi connectivity index (χ2n) is 3.70. The molecule has 0 aromatic carbocycles. The molecule has 1 N–H and O–H groups in total. The number of rotatable bonds is 4. The number of nitrogens with one attached hydrogen (secondary N) is 1. The largest absolute Gasteiger partial charge is 0.460 e. The molecule has 2 aromatic heterocycles. The molecule has 0 atom stereocenters. The van der Waals surface area contributed by atoms with Gasteiger partial charge in [0.1, 0.15) is 11.5 Å². The molecule has 0 saturated heterocycles. The van der Waals surface area contributed by atoms with E-state index < -0.39 is 0 Å². The number of hydrogen-bond donors (Lipinski definition) is 1. The first-order chi connectivity index (χ1) is 8.20. The summed E-state index contributed by atoms with van der Waals surface area (Å²) in [5.41, 5.74) is 0. The van der Waals surface area contributed by atoms with Gasteiger partial charge in [0.2, 0.25) is 4.77 Å². The first-order valence-electron chi connectivity index (χ1n) is 5.48. The van der Waals surface area contributed by atoms with Gasteiger partial charge >= 0.3 is 0 Å². The van der Waals surface area contributed by atoms with Crippen LogP contribution in [0.2, 0.25) is 0 Å². The third-order valence-electron chi connectivity index (χ3n) is 2.25. The van der Waals surface area contributed by atoms with Crippen LogP contribution in [0.1, 0.15) is 30.7 Å². The van der Waals surface area contributed by atoms with E-state index in [2.05, 4.69) is 22.2 Å². The number of H-pyrrole nitrogens is 1. The molecule has 0 bridgehead atoms. The van der Waals surface area contributed by atoms with Crippen LogP contribution in [-0.2, 0) is 6.42 Å². The van der Waals surface area contributed by atoms with Crippen LogP contribution < -0.4 is 0 Å². The zero-order valence-corrected chi connectivity index (χ0v) is 10.6. The zero-order chi connectivity index (χ0) is 12.3. The third-order valence-corrected chi connectivity index (χ3v) is 2.52. The maximum Gasteiger partial charge on any atom is 0.216 e. The summed E-state index contributed by atoms with van der Waals surface area (Å²) in [6.07, 6.45) is 3.47. The Balaban J connectivity index is 2.26. The van der Waals surface area contributed by atoms with Crippen molar-refractivity contribution in [3.8, 4) is 0 Å². The molecule has 2 heterocycles. The van der Waals surface area contributed by atoms with Crippen LogP contribution in [0.5, 0.6) is 0 Å². The van der Waals surface area contributed by atoms with Crippen molar-refractivity contribution in [2.45, 2.75) is 26.7 Å². The standard InChI is InChI=1S/C11H14N4OS/c1-3-4-10-13-14-11(17)15(10)12-7-9-6-5-8(2)16-9/h5-7H,3-4H2,1-2H3,(H,14,17)/b12-7+. The van der Waals surface area contributed by atoms with Crippen LogP contribution in [0, 0.1) is 11.7 Å². The van der Waals surface area contributed by atoms with E-state index in [-0.39, 0.29) is 0 Å². The van der Waals surface area contributed by atoms with Gasteiger partial charge in [-0.3, -0.25) is 5.10 Å². The molecule has 0 aliphatic rings. The molecular weight excluding hydrogens is 236 g/mol. The Kier molecular flexibility index (Phi) is 3.53. The maximum atomic E-state index is 5.39. The van der Waals surface area contributed by atoms with Gasteiger partial charge in [0.05, 0.1) is 6.21 Å². The predicted molar refractivity (Wildman–Crippen MR) is 67.8 cm³/mol. The van der Waals surface area contributed by atoms with E-state index in [4.69, 9.17) is 16.6 Å². The van der Waals surface area contributed by atoms with Crippen molar-refractivity contribution < 1.29 is 4.42 Å². The molecule has 0 fully saturated rings. The molecule has 90 valence electrons. The molecular formula is C11H14N4OS. The van der Waals surface area contributed by atoms with Crippen molar-refractivity contribution in [1.82, 2.24) is 14.9 Å². The van der Waals surface area contributed by atoms with Crippen LogP contribution >= 0.6 is 12.2 Å². The van der Waals surface area contributed by atoms with Gasteiger partial charge in [-0.2, -0.15) is 14.9 Å². The molecule has 2 aromatic rings. The molecule has 0 aliphatic heterocycles. The molecule has 5 nitrogen and oxygen atoms in total. The van der Waals surface area contributed by atoms with Crippen molar-refractivity contribution in [2.24, 2.45) is 5.10 Å². The SMILES string of the molecule is CCCc1n[nH]c(=S)n1/N=C/c1ccc(C)o1. The zero-order valence-electron chi connectivity index (χ0n) is 9.80. The second kappa shape index (κ2) is 5.09. The highest BCUT2D eigenvalue weighted by molar-refractivity contribution is 7.71. The number of furan rings is 1. The molecule has 0 radical (unpaired) electrons. The predicted octanol–water partition coefficient (Wildman–Crippen LogP) is 2.68. The molecule has 0 spiro atoms. The number of aromatic nitrogens is 3. The monoisotopic (exact) mass is 250 g/mol. The van der Waals surface area contributed by atoms with E-state index in [1.165, 1.54) is 0 Å². The Bertz CT molecular complexity index is 578. The topological polar surface area (TPSA) is 59.1 Å². The minimum absolute atomic E-state index is 0.493. The van der Waals surface area contributed by atoms with E-state index in [9.17, 15) is 0 Å². The molecule has 0 aliphatic carbocycles. The van der Waals surface area contributed by atoms with Gasteiger partial charge in [-0.15, -0.1) is 0 Å². The summed E-state index contributed by atoms with van der Waals surface area (Å²) in [7, 11) is 0. The van der Waals surface area contributed by atoms with E-state index in [0.717, 1.165) is 24.4 Å². The van der Waals surface area contributed by atoms with Crippen molar-refractivity contribution in [3.63, 3.8) is 0 Å². The van der Waals surface area contributed by atoms with Crippen molar-refractivity contribution in [1.29, 1.82) is 0 Å². The third kappa shape index (κ3) is 2.71. The Morgan fingerprint density at radius 2 is 2.41 bits per heavy atom. The van der Waals surface area contributed by atoms with E-state index in [1.54, 1.807) is 10.9 Å². The lowest BCUT2D eigenvalue weighted by Crippen LogP contribution is -1.98. The quantitative estimate of drug-likeness (QED) is 0.670. The minimum Gasteiger partial charge on any atom is -0.460 e. The maximum absolute atomic E-state index is 5.39. The highest BCUT2D eigenvalue weighted by atomic mass is 32.1. The van der Waals surface area contributed by atoms with Crippen LogP contribution in [-0.4, -0.2) is 21.1 Å². The summed E-state index contributed by atoms with van der Waals surface area (Å²) in [6, 6.07) is 3.75. The lowest BCUT2D eigenvalue weighted by atomic mass is 10.3. The van der Waals surface area contributed by atoms with Crippen LogP contribution in [0.15, 0.2) is 21.7 Å². The van der Waals surface area contributed by atoms with Gasteiger partial charge in [-0.05, 0) is 37.7 Å². The molecule has 0 amide bonds. The highest BCUT2D eigenvalue weighted by Crippen LogP contribution is 2.05. The average Bonchev–Trinajstić information content (AvgIpc) is 2.85. The fraction of sp³-hybridized carbons (Fsp3) is 0.364. The van der Waals surface area contributed by atoms with Gasteiger partial charge in [0, 0.05) is 6.42 Å². The minimum atomic E-state index is 0.493. The first kappa shape index (κ1) is 11.8. The molecule has 6 heteroatoms. The van der Waals surface area contributed by atoms with Gasteiger partial charge < -0.3 is 4.42 Å². The summed E-state index contributed by atoms with van der Waals surface area (Å²) in [4.78, 5) is 0. The Labute approximate surface area is 104 Å². The number of aryl methyl sites for hydroxylation is 2. The van der Waals surface area contributed by atoms with Crippen molar-refractivity contribution in [2.75, 3.05) is 0 Å². The van der Waals surface area contributed by atoms with Crippen LogP contribution in [0.25, 0.3) is 0 Å². The fourth-order valence-electron chi connectivity index (χ4n) is 1.47. The lowest BCUT2D eigenvalue weighted by molar-refractivity contribution is 0.527. The van der Waals surface area contributed by atoms with Gasteiger partial charge in [-0.1, -0.05) is 6.92 Å². The fourth-order valence-corrected chi connectivity index (χ4v) is 1.66. The van der Waals surface area contributed by atoms with Gasteiger partial charge in [0.15, 0.2) is 5.82 Å². The summed E-state index contributed by atoms with van der Waals surface area (Å²) in [5, 5.41) is 11.1. The molecule has 0 saturated carbocycles. The van der Waals surface area contributed by atoms with Gasteiger partial charge in [0.25, 0.3) is 0 Å². The van der Waals surface area contributed by atoms with Gasteiger partial charge in [-0.25, -0.2) is 0 Å². The highest BCUT2D eigenvalue weighted by Gasteiger charge is 2.03. The Hall–Kier alpha value is -1.69. The van der Waals surface area contributed by atoms with Crippen LogP contribution in [0.4, 0.5) is 0 Å². The molecule has 2 rings (SSSR count). The molecule has 0 unspecified atom stereocenters. The van der Waals surface area contributed by atoms with Crippen molar-refractivity contribution >= 4 is 18.4 Å². The van der Waals surface area contributed by atoms with Crippen molar-refractivity contribution in [3.05, 3.63) is 34.2 Å². The Morgan fingerprint density at radius 1 is 1.59 bits per heavy atom. The normalized spacial score (nSPS) is 11.4. The number of nitrogens with zero attached hydrogens (tertiary/aromatic N) is 3. The Morgan fingerprint density at radius 3 is 3.06 bits per heavy atom. The first-order valence-corrected chi connectivity index (χ1v) is 5.88. The number of hydrogen-bond acceptors (Lipinski definition) is 4. The van der Waals surface area contributed by atoms with E-state index in [0.29, 0.717) is 10.5 Å². The van der Waals surface area contributed by atoms with E-state index in [1.807, 2.05) is 19.1 Å². The van der Waals surface area contributed by atoms with Crippen LogP contribution in [0.3, 0.4) is 0 Å². The molecule has 17 heavy (non-hydrogen) atoms. The lowest BCUT2D eigenvalue weighted by Gasteiger charge is -1.96. The number of aromatic amines is 1. The smallest absolute Gasteiger partial charge is 0.216 e. The summed E-state index contributed by atoms with van der Waals surface area (Å²) < 4.78 is 7.51. The summed E-state index contributed by atoms with van der Waals surface area (Å²) >= 11 is 5.11. The average molecular weight is 250 g/mol. The summed E-state index contributed by atoms with van der Waals surface area (Å²) in [6.45, 7) is 3.98. The summed E-state index contributed by atoms with van der Waals surface area (Å²) in [5.74, 6) is 2.39. The van der Waals surface area contributed by atoms with E-state index >= 15 is 0 Å². The second-order valence-corrected chi connectivity index (χ2v) is 4.09.